The Hall–Kier alpha value is -4.75. The fourth-order valence-electron chi connectivity index (χ4n) is 4.62. The van der Waals surface area contributed by atoms with Crippen LogP contribution in [0.4, 0.5) is 0 Å². The Morgan fingerprint density at radius 2 is 1.57 bits per heavy atom. The smallest absolute Gasteiger partial charge is 0.194 e. The minimum atomic E-state index is 0.723. The first-order chi connectivity index (χ1) is 18.2. The Bertz CT molecular complexity index is 1880. The van der Waals surface area contributed by atoms with Crippen molar-refractivity contribution in [1.82, 2.24) is 24.5 Å². The van der Waals surface area contributed by atoms with E-state index >= 15 is 0 Å². The maximum atomic E-state index is 6.34. The predicted molar refractivity (Wildman–Crippen MR) is 148 cm³/mol. The van der Waals surface area contributed by atoms with Crippen LogP contribution in [0, 0.1) is 6.92 Å². The minimum Gasteiger partial charge on any atom is -0.457 e. The Labute approximate surface area is 217 Å². The molecule has 6 nitrogen and oxygen atoms in total. The van der Waals surface area contributed by atoms with Gasteiger partial charge in [0.25, 0.3) is 0 Å². The molecule has 7 heteroatoms. The number of aromatic nitrogens is 5. The van der Waals surface area contributed by atoms with Gasteiger partial charge in [-0.2, -0.15) is 0 Å². The van der Waals surface area contributed by atoms with Gasteiger partial charge in [0, 0.05) is 39.5 Å². The number of nitrogens with zero attached hydrogens (tertiary/aromatic N) is 5. The lowest BCUT2D eigenvalue weighted by Crippen LogP contribution is -1.95. The number of aryl methyl sites for hydroxylation is 1. The summed E-state index contributed by atoms with van der Waals surface area (Å²) >= 11 is 1.68. The lowest BCUT2D eigenvalue weighted by atomic mass is 10.1. The van der Waals surface area contributed by atoms with E-state index in [0.717, 1.165) is 44.6 Å². The van der Waals surface area contributed by atoms with Crippen molar-refractivity contribution < 1.29 is 4.74 Å². The molecule has 7 rings (SSSR count). The molecule has 0 aliphatic heterocycles. The van der Waals surface area contributed by atoms with Crippen LogP contribution in [0.1, 0.15) is 4.88 Å². The molecule has 0 saturated heterocycles. The zero-order valence-electron chi connectivity index (χ0n) is 19.9. The fraction of sp³-hybridized carbons (Fsp3) is 0.0333. The van der Waals surface area contributed by atoms with Crippen LogP contribution in [-0.4, -0.2) is 24.5 Å². The van der Waals surface area contributed by atoms with E-state index in [-0.39, 0.29) is 0 Å². The Balaban J connectivity index is 1.26. The number of benzene rings is 4. The van der Waals surface area contributed by atoms with Crippen LogP contribution < -0.4 is 4.74 Å². The molecule has 0 saturated carbocycles. The second kappa shape index (κ2) is 8.72. The number of rotatable bonds is 5. The molecular weight excluding hydrogens is 478 g/mol. The summed E-state index contributed by atoms with van der Waals surface area (Å²) in [6.45, 7) is 2.08. The van der Waals surface area contributed by atoms with Gasteiger partial charge < -0.3 is 4.74 Å². The quantitative estimate of drug-likeness (QED) is 0.245. The molecule has 0 amide bonds. The van der Waals surface area contributed by atoms with Gasteiger partial charge in [-0.05, 0) is 37.3 Å². The normalized spacial score (nSPS) is 11.4. The molecule has 0 aliphatic rings. The third-order valence-electron chi connectivity index (χ3n) is 6.33. The van der Waals surface area contributed by atoms with Crippen molar-refractivity contribution >= 4 is 33.1 Å². The second-order valence-electron chi connectivity index (χ2n) is 8.80. The maximum absolute atomic E-state index is 6.34. The fourth-order valence-corrected chi connectivity index (χ4v) is 5.41. The zero-order valence-corrected chi connectivity index (χ0v) is 20.8. The lowest BCUT2D eigenvalue weighted by molar-refractivity contribution is 0.482. The average molecular weight is 500 g/mol. The molecule has 0 aliphatic carbocycles. The Morgan fingerprint density at radius 1 is 0.757 bits per heavy atom. The summed E-state index contributed by atoms with van der Waals surface area (Å²) in [6, 6.07) is 32.5. The largest absolute Gasteiger partial charge is 0.457 e. The third-order valence-corrected chi connectivity index (χ3v) is 7.22. The number of para-hydroxylation sites is 1. The molecular formula is C30H21N5OS. The first kappa shape index (κ1) is 21.5. The molecule has 4 aromatic carbocycles. The first-order valence-corrected chi connectivity index (χ1v) is 12.8. The number of hydrogen-bond acceptors (Lipinski definition) is 5. The Morgan fingerprint density at radius 3 is 2.43 bits per heavy atom. The summed E-state index contributed by atoms with van der Waals surface area (Å²) in [5.41, 5.74) is 4.92. The van der Waals surface area contributed by atoms with Gasteiger partial charge in [-0.15, -0.1) is 16.4 Å². The Kier molecular flexibility index (Phi) is 5.08. The molecule has 0 bridgehead atoms. The molecule has 0 atom stereocenters. The SMILES string of the molecule is Cc1cnc(-n2c3ccccc3c3ccc(Oc4cccc(-n5cc(-c6ccccc6)nn5)c4)cc32)s1. The highest BCUT2D eigenvalue weighted by atomic mass is 32.1. The highest BCUT2D eigenvalue weighted by Gasteiger charge is 2.15. The summed E-state index contributed by atoms with van der Waals surface area (Å²) in [5, 5.41) is 12.0. The predicted octanol–water partition coefficient (Wildman–Crippen LogP) is 7.59. The molecule has 0 spiro atoms. The molecule has 3 heterocycles. The van der Waals surface area contributed by atoms with Gasteiger partial charge in [-0.3, -0.25) is 4.57 Å². The number of fused-ring (bicyclic) bond motifs is 3. The van der Waals surface area contributed by atoms with Crippen molar-refractivity contribution in [1.29, 1.82) is 0 Å². The van der Waals surface area contributed by atoms with Gasteiger partial charge in [-0.25, -0.2) is 9.67 Å². The van der Waals surface area contributed by atoms with Gasteiger partial charge in [0.2, 0.25) is 0 Å². The third kappa shape index (κ3) is 3.86. The van der Waals surface area contributed by atoms with Crippen LogP contribution in [0.15, 0.2) is 109 Å². The summed E-state index contributed by atoms with van der Waals surface area (Å²) in [6.07, 6.45) is 3.84. The summed E-state index contributed by atoms with van der Waals surface area (Å²) < 4.78 is 10.3. The van der Waals surface area contributed by atoms with E-state index in [1.54, 1.807) is 16.0 Å². The number of thiazole rings is 1. The van der Waals surface area contributed by atoms with E-state index in [0.29, 0.717) is 0 Å². The van der Waals surface area contributed by atoms with E-state index in [2.05, 4.69) is 63.2 Å². The highest BCUT2D eigenvalue weighted by Crippen LogP contribution is 2.36. The van der Waals surface area contributed by atoms with Crippen LogP contribution in [0.2, 0.25) is 0 Å². The minimum absolute atomic E-state index is 0.723. The van der Waals surface area contributed by atoms with E-state index < -0.39 is 0 Å². The molecule has 0 N–H and O–H groups in total. The molecule has 0 unspecified atom stereocenters. The van der Waals surface area contributed by atoms with Crippen molar-refractivity contribution in [2.24, 2.45) is 0 Å². The van der Waals surface area contributed by atoms with Crippen LogP contribution in [0.3, 0.4) is 0 Å². The average Bonchev–Trinajstić information content (AvgIpc) is 3.67. The standard InChI is InChI=1S/C30H21N5OS/c1-20-18-31-30(37-20)35-28-13-6-5-12-25(28)26-15-14-24(17-29(26)35)36-23-11-7-10-22(16-23)34-19-27(32-33-34)21-8-3-2-4-9-21/h2-19H,1H3. The molecule has 3 aromatic heterocycles. The van der Waals surface area contributed by atoms with Gasteiger partial charge >= 0.3 is 0 Å². The molecule has 7 aromatic rings. The molecule has 0 fully saturated rings. The summed E-state index contributed by atoms with van der Waals surface area (Å²) in [5.74, 6) is 1.48. The highest BCUT2D eigenvalue weighted by molar-refractivity contribution is 7.14. The van der Waals surface area contributed by atoms with E-state index in [4.69, 9.17) is 4.74 Å². The topological polar surface area (TPSA) is 57.8 Å². The van der Waals surface area contributed by atoms with E-state index in [9.17, 15) is 0 Å². The lowest BCUT2D eigenvalue weighted by Gasteiger charge is -2.09. The maximum Gasteiger partial charge on any atom is 0.194 e. The van der Waals surface area contributed by atoms with Crippen LogP contribution >= 0.6 is 11.3 Å². The second-order valence-corrected chi connectivity index (χ2v) is 10.0. The molecule has 0 radical (unpaired) electrons. The number of ether oxygens (including phenoxy) is 1. The van der Waals surface area contributed by atoms with Gasteiger partial charge in [0.05, 0.1) is 22.9 Å². The van der Waals surface area contributed by atoms with Crippen molar-refractivity contribution in [3.63, 3.8) is 0 Å². The summed E-state index contributed by atoms with van der Waals surface area (Å²) in [4.78, 5) is 5.84. The van der Waals surface area contributed by atoms with Crippen molar-refractivity contribution in [2.75, 3.05) is 0 Å². The molecule has 178 valence electrons. The van der Waals surface area contributed by atoms with Crippen LogP contribution in [-0.2, 0) is 0 Å². The first-order valence-electron chi connectivity index (χ1n) is 11.9. The molecule has 37 heavy (non-hydrogen) atoms. The monoisotopic (exact) mass is 499 g/mol. The van der Waals surface area contributed by atoms with Crippen molar-refractivity contribution in [2.45, 2.75) is 6.92 Å². The van der Waals surface area contributed by atoms with Gasteiger partial charge in [0.1, 0.15) is 17.2 Å². The van der Waals surface area contributed by atoms with Gasteiger partial charge in [0.15, 0.2) is 5.13 Å². The van der Waals surface area contributed by atoms with E-state index in [1.807, 2.05) is 73.1 Å². The van der Waals surface area contributed by atoms with Crippen LogP contribution in [0.5, 0.6) is 11.5 Å². The van der Waals surface area contributed by atoms with Crippen molar-refractivity contribution in [3.05, 3.63) is 114 Å². The summed E-state index contributed by atoms with van der Waals surface area (Å²) in [7, 11) is 0. The van der Waals surface area contributed by atoms with Crippen LogP contribution in [0.25, 0.3) is 43.9 Å². The zero-order chi connectivity index (χ0) is 24.8. The van der Waals surface area contributed by atoms with E-state index in [1.165, 1.54) is 15.6 Å². The number of hydrogen-bond donors (Lipinski definition) is 0. The van der Waals surface area contributed by atoms with Crippen molar-refractivity contribution in [3.8, 4) is 33.6 Å². The van der Waals surface area contributed by atoms with Gasteiger partial charge in [-0.1, -0.05) is 59.8 Å².